The molecule has 1 N–H and O–H groups in total. The van der Waals surface area contributed by atoms with Gasteiger partial charge in [-0.05, 0) is 42.0 Å². The number of benzene rings is 2. The molecule has 142 valence electrons. The number of carbonyl (C=O) groups excluding carboxylic acids is 1. The smallest absolute Gasteiger partial charge is 0.226 e. The molecule has 0 saturated heterocycles. The molecule has 0 saturated carbocycles. The van der Waals surface area contributed by atoms with Crippen LogP contribution in [0.3, 0.4) is 0 Å². The van der Waals surface area contributed by atoms with Crippen molar-refractivity contribution in [2.24, 2.45) is 0 Å². The molecule has 1 amide bonds. The van der Waals surface area contributed by atoms with Gasteiger partial charge in [-0.2, -0.15) is 5.10 Å². The van der Waals surface area contributed by atoms with E-state index in [9.17, 15) is 4.79 Å². The molecule has 0 aliphatic heterocycles. The number of aromatic nitrogens is 4. The fraction of sp³-hybridized carbons (Fsp3) is 0.190. The highest BCUT2D eigenvalue weighted by Crippen LogP contribution is 2.22. The molecule has 0 fully saturated rings. The van der Waals surface area contributed by atoms with E-state index in [0.29, 0.717) is 19.5 Å². The number of hydrogen-bond acceptors (Lipinski definition) is 4. The Hall–Kier alpha value is -3.61. The van der Waals surface area contributed by atoms with E-state index in [2.05, 4.69) is 20.0 Å². The van der Waals surface area contributed by atoms with Crippen LogP contribution in [0.15, 0.2) is 67.4 Å². The monoisotopic (exact) mass is 375 g/mol. The molecular weight excluding hydrogens is 354 g/mol. The molecule has 7 nitrogen and oxygen atoms in total. The number of hydrogen-bond donors (Lipinski definition) is 1. The number of aryl methyl sites for hydroxylation is 1. The van der Waals surface area contributed by atoms with E-state index >= 15 is 0 Å². The van der Waals surface area contributed by atoms with Gasteiger partial charge in [0.05, 0.1) is 13.7 Å². The average molecular weight is 375 g/mol. The Kier molecular flexibility index (Phi) is 5.05. The van der Waals surface area contributed by atoms with Crippen molar-refractivity contribution in [3.05, 3.63) is 72.9 Å². The predicted molar refractivity (Wildman–Crippen MR) is 107 cm³/mol. The van der Waals surface area contributed by atoms with E-state index in [1.807, 2.05) is 54.7 Å². The van der Waals surface area contributed by atoms with Crippen molar-refractivity contribution in [1.29, 1.82) is 0 Å². The second kappa shape index (κ2) is 7.96. The Balaban J connectivity index is 1.33. The zero-order valence-corrected chi connectivity index (χ0v) is 15.6. The molecule has 0 unspecified atom stereocenters. The van der Waals surface area contributed by atoms with Gasteiger partial charge in [0.1, 0.15) is 18.4 Å². The Morgan fingerprint density at radius 1 is 1.14 bits per heavy atom. The highest BCUT2D eigenvalue weighted by Gasteiger charge is 2.07. The van der Waals surface area contributed by atoms with Gasteiger partial charge in [-0.3, -0.25) is 4.79 Å². The first-order valence-corrected chi connectivity index (χ1v) is 9.05. The van der Waals surface area contributed by atoms with Crippen LogP contribution >= 0.6 is 0 Å². The van der Waals surface area contributed by atoms with E-state index in [1.54, 1.807) is 18.1 Å². The van der Waals surface area contributed by atoms with Gasteiger partial charge in [0.15, 0.2) is 0 Å². The number of nitrogens with zero attached hydrogens (tertiary/aromatic N) is 4. The van der Waals surface area contributed by atoms with Crippen LogP contribution in [0.1, 0.15) is 12.0 Å². The summed E-state index contributed by atoms with van der Waals surface area (Å²) in [5.74, 6) is 0.814. The lowest BCUT2D eigenvalue weighted by Gasteiger charge is -2.08. The van der Waals surface area contributed by atoms with E-state index in [4.69, 9.17) is 4.74 Å². The van der Waals surface area contributed by atoms with Gasteiger partial charge >= 0.3 is 0 Å². The van der Waals surface area contributed by atoms with Gasteiger partial charge in [-0.1, -0.05) is 12.1 Å². The topological polar surface area (TPSA) is 74.0 Å². The minimum atomic E-state index is -0.0145. The van der Waals surface area contributed by atoms with E-state index < -0.39 is 0 Å². The van der Waals surface area contributed by atoms with Crippen LogP contribution in [0.25, 0.3) is 10.9 Å². The van der Waals surface area contributed by atoms with Gasteiger partial charge in [-0.25, -0.2) is 9.67 Å². The molecule has 0 bridgehead atoms. The van der Waals surface area contributed by atoms with Crippen molar-refractivity contribution in [3.63, 3.8) is 0 Å². The minimum absolute atomic E-state index is 0.0145. The summed E-state index contributed by atoms with van der Waals surface area (Å²) in [5.41, 5.74) is 2.97. The van der Waals surface area contributed by atoms with Gasteiger partial charge in [0, 0.05) is 35.8 Å². The lowest BCUT2D eigenvalue weighted by Crippen LogP contribution is -2.14. The quantitative estimate of drug-likeness (QED) is 0.538. The highest BCUT2D eigenvalue weighted by molar-refractivity contribution is 5.90. The van der Waals surface area contributed by atoms with E-state index in [-0.39, 0.29) is 5.91 Å². The average Bonchev–Trinajstić information content (AvgIpc) is 3.37. The number of methoxy groups -OCH3 is 1. The first-order chi connectivity index (χ1) is 13.7. The summed E-state index contributed by atoms with van der Waals surface area (Å²) in [7, 11) is 1.66. The van der Waals surface area contributed by atoms with Crippen molar-refractivity contribution >= 4 is 22.5 Å². The summed E-state index contributed by atoms with van der Waals surface area (Å²) in [6, 6.07) is 15.7. The Morgan fingerprint density at radius 3 is 2.75 bits per heavy atom. The van der Waals surface area contributed by atoms with E-state index in [0.717, 1.165) is 27.9 Å². The number of amides is 1. The molecule has 28 heavy (non-hydrogen) atoms. The fourth-order valence-corrected chi connectivity index (χ4v) is 3.14. The van der Waals surface area contributed by atoms with Crippen LogP contribution < -0.4 is 10.1 Å². The Morgan fingerprint density at radius 2 is 2.00 bits per heavy atom. The molecule has 0 atom stereocenters. The number of nitrogens with one attached hydrogen (secondary N) is 1. The molecule has 7 heteroatoms. The third-order valence-electron chi connectivity index (χ3n) is 4.61. The molecule has 0 aliphatic carbocycles. The van der Waals surface area contributed by atoms with Crippen molar-refractivity contribution in [2.75, 3.05) is 12.4 Å². The maximum absolute atomic E-state index is 12.3. The highest BCUT2D eigenvalue weighted by atomic mass is 16.5. The van der Waals surface area contributed by atoms with Gasteiger partial charge in [-0.15, -0.1) is 0 Å². The summed E-state index contributed by atoms with van der Waals surface area (Å²) in [6.45, 7) is 1.27. The number of anilines is 1. The first-order valence-electron chi connectivity index (χ1n) is 9.05. The van der Waals surface area contributed by atoms with Gasteiger partial charge in [0.2, 0.25) is 5.91 Å². The van der Waals surface area contributed by atoms with Crippen LogP contribution in [0.4, 0.5) is 5.69 Å². The number of rotatable bonds is 7. The largest absolute Gasteiger partial charge is 0.497 e. The summed E-state index contributed by atoms with van der Waals surface area (Å²) in [6.07, 6.45) is 5.59. The number of carbonyl (C=O) groups is 1. The van der Waals surface area contributed by atoms with Crippen LogP contribution in [0, 0.1) is 0 Å². The normalized spacial score (nSPS) is 10.9. The van der Waals surface area contributed by atoms with Crippen molar-refractivity contribution in [2.45, 2.75) is 19.5 Å². The first kappa shape index (κ1) is 17.8. The standard InChI is InChI=1S/C21H21N5O2/c1-28-19-6-7-20-17(12-19)8-10-25(20)11-9-21(27)24-18-4-2-16(3-5-18)13-26-15-22-14-23-26/h2-8,10,12,14-15H,9,11,13H2,1H3,(H,24,27). The minimum Gasteiger partial charge on any atom is -0.497 e. The maximum Gasteiger partial charge on any atom is 0.226 e. The Labute approximate surface area is 162 Å². The van der Waals surface area contributed by atoms with Gasteiger partial charge in [0.25, 0.3) is 0 Å². The molecule has 2 aromatic heterocycles. The SMILES string of the molecule is COc1ccc2c(ccn2CCC(=O)Nc2ccc(Cn3cncn3)cc2)c1. The zero-order valence-electron chi connectivity index (χ0n) is 15.6. The predicted octanol–water partition coefficient (Wildman–Crippen LogP) is 3.32. The lowest BCUT2D eigenvalue weighted by molar-refractivity contribution is -0.116. The third-order valence-corrected chi connectivity index (χ3v) is 4.61. The third kappa shape index (κ3) is 4.03. The second-order valence-corrected chi connectivity index (χ2v) is 6.52. The van der Waals surface area contributed by atoms with Gasteiger partial charge < -0.3 is 14.6 Å². The van der Waals surface area contributed by atoms with Crippen LogP contribution in [0.5, 0.6) is 5.75 Å². The lowest BCUT2D eigenvalue weighted by atomic mass is 10.2. The molecule has 0 radical (unpaired) electrons. The molecule has 2 heterocycles. The molecule has 0 aliphatic rings. The maximum atomic E-state index is 12.3. The molecule has 2 aromatic carbocycles. The molecular formula is C21H21N5O2. The van der Waals surface area contributed by atoms with Crippen LogP contribution in [0.2, 0.25) is 0 Å². The van der Waals surface area contributed by atoms with E-state index in [1.165, 1.54) is 6.33 Å². The summed E-state index contributed by atoms with van der Waals surface area (Å²) in [5, 5.41) is 8.14. The van der Waals surface area contributed by atoms with Crippen molar-refractivity contribution < 1.29 is 9.53 Å². The fourth-order valence-electron chi connectivity index (χ4n) is 3.14. The van der Waals surface area contributed by atoms with Crippen LogP contribution in [-0.2, 0) is 17.9 Å². The van der Waals surface area contributed by atoms with Crippen molar-refractivity contribution in [1.82, 2.24) is 19.3 Å². The number of fused-ring (bicyclic) bond motifs is 1. The van der Waals surface area contributed by atoms with Crippen molar-refractivity contribution in [3.8, 4) is 5.75 Å². The molecule has 4 rings (SSSR count). The van der Waals surface area contributed by atoms with Crippen LogP contribution in [-0.4, -0.2) is 32.3 Å². The summed E-state index contributed by atoms with van der Waals surface area (Å²) < 4.78 is 9.09. The summed E-state index contributed by atoms with van der Waals surface area (Å²) >= 11 is 0. The molecule has 0 spiro atoms. The second-order valence-electron chi connectivity index (χ2n) is 6.52. The Bertz CT molecular complexity index is 1070. The summed E-state index contributed by atoms with van der Waals surface area (Å²) in [4.78, 5) is 16.2. The zero-order chi connectivity index (χ0) is 19.3. The number of ether oxygens (including phenoxy) is 1. The molecule has 4 aromatic rings.